The van der Waals surface area contributed by atoms with Crippen molar-refractivity contribution in [3.05, 3.63) is 35.0 Å². The van der Waals surface area contributed by atoms with E-state index in [2.05, 4.69) is 10.1 Å². The van der Waals surface area contributed by atoms with Crippen LogP contribution in [-0.2, 0) is 14.3 Å². The Labute approximate surface area is 140 Å². The average Bonchev–Trinajstić information content (AvgIpc) is 2.51. The highest BCUT2D eigenvalue weighted by molar-refractivity contribution is 5.97. The van der Waals surface area contributed by atoms with Crippen molar-refractivity contribution in [2.45, 2.75) is 6.92 Å². The van der Waals surface area contributed by atoms with Gasteiger partial charge in [0.15, 0.2) is 0 Å². The van der Waals surface area contributed by atoms with Crippen LogP contribution in [0, 0.1) is 11.3 Å². The molecule has 0 radical (unpaired) electrons. The number of carbonyl (C=O) groups is 2. The van der Waals surface area contributed by atoms with Gasteiger partial charge >= 0.3 is 5.97 Å². The summed E-state index contributed by atoms with van der Waals surface area (Å²) in [5, 5.41) is 11.3. The van der Waals surface area contributed by atoms with Crippen LogP contribution in [0.4, 0.5) is 0 Å². The molecule has 1 amide bonds. The van der Waals surface area contributed by atoms with Crippen LogP contribution in [0.5, 0.6) is 5.75 Å². The molecule has 0 spiro atoms. The molecule has 0 saturated heterocycles. The van der Waals surface area contributed by atoms with E-state index in [9.17, 15) is 9.59 Å². The van der Waals surface area contributed by atoms with Crippen LogP contribution in [0.1, 0.15) is 18.1 Å². The van der Waals surface area contributed by atoms with Gasteiger partial charge in [-0.2, -0.15) is 5.26 Å². The van der Waals surface area contributed by atoms with E-state index in [4.69, 9.17) is 15.7 Å². The molecule has 0 heterocycles. The third-order valence-electron chi connectivity index (χ3n) is 2.53. The van der Waals surface area contributed by atoms with Crippen molar-refractivity contribution in [1.29, 1.82) is 5.26 Å². The van der Waals surface area contributed by atoms with Crippen molar-refractivity contribution in [2.75, 3.05) is 20.3 Å². The van der Waals surface area contributed by atoms with Crippen LogP contribution < -0.4 is 15.8 Å². The predicted molar refractivity (Wildman–Crippen MR) is 86.8 cm³/mol. The zero-order valence-electron chi connectivity index (χ0n) is 12.8. The Bertz CT molecular complexity index is 638. The van der Waals surface area contributed by atoms with Gasteiger partial charge in [0.1, 0.15) is 18.1 Å². The first-order chi connectivity index (χ1) is 10.5. The molecule has 0 unspecified atom stereocenters. The number of hydrogen-bond donors (Lipinski definition) is 2. The highest BCUT2D eigenvalue weighted by Gasteiger charge is 2.13. The Morgan fingerprint density at radius 1 is 1.43 bits per heavy atom. The number of nitrogens with one attached hydrogen (secondary N) is 1. The number of halogens is 1. The number of hydrogen-bond acceptors (Lipinski definition) is 6. The summed E-state index contributed by atoms with van der Waals surface area (Å²) in [6.45, 7) is 1.83. The first-order valence-corrected chi connectivity index (χ1v) is 6.46. The largest absolute Gasteiger partial charge is 0.492 e. The second-order valence-corrected chi connectivity index (χ2v) is 4.23. The summed E-state index contributed by atoms with van der Waals surface area (Å²) in [4.78, 5) is 22.9. The molecule has 0 saturated carbocycles. The lowest BCUT2D eigenvalue weighted by atomic mass is 10.1. The SMILES string of the molecule is COC(=O)C(=Cc1ccc(C#N)cc1OCCN)NC(C)=O.Cl. The Hall–Kier alpha value is -2.56. The number of rotatable bonds is 6. The summed E-state index contributed by atoms with van der Waals surface area (Å²) in [5.41, 5.74) is 6.29. The molecule has 3 N–H and O–H groups in total. The van der Waals surface area contributed by atoms with Crippen molar-refractivity contribution >= 4 is 30.4 Å². The number of benzene rings is 1. The molecule has 1 rings (SSSR count). The van der Waals surface area contributed by atoms with Gasteiger partial charge < -0.3 is 20.5 Å². The second-order valence-electron chi connectivity index (χ2n) is 4.23. The van der Waals surface area contributed by atoms with E-state index >= 15 is 0 Å². The Morgan fingerprint density at radius 3 is 2.65 bits per heavy atom. The topological polar surface area (TPSA) is 114 Å². The first kappa shape index (κ1) is 20.4. The van der Waals surface area contributed by atoms with Crippen LogP contribution >= 0.6 is 12.4 Å². The lowest BCUT2D eigenvalue weighted by Gasteiger charge is -2.11. The highest BCUT2D eigenvalue weighted by Crippen LogP contribution is 2.23. The van der Waals surface area contributed by atoms with Crippen molar-refractivity contribution in [2.24, 2.45) is 5.73 Å². The van der Waals surface area contributed by atoms with E-state index in [-0.39, 0.29) is 24.7 Å². The summed E-state index contributed by atoms with van der Waals surface area (Å²) in [6.07, 6.45) is 1.42. The van der Waals surface area contributed by atoms with E-state index in [0.717, 1.165) is 0 Å². The normalized spacial score (nSPS) is 10.1. The summed E-state index contributed by atoms with van der Waals surface area (Å²) >= 11 is 0. The minimum absolute atomic E-state index is 0. The molecule has 0 aliphatic carbocycles. The van der Waals surface area contributed by atoms with Gasteiger partial charge in [0.05, 0.1) is 18.7 Å². The monoisotopic (exact) mass is 339 g/mol. The van der Waals surface area contributed by atoms with Crippen LogP contribution in [-0.4, -0.2) is 32.1 Å². The maximum absolute atomic E-state index is 11.7. The average molecular weight is 340 g/mol. The van der Waals surface area contributed by atoms with Gasteiger partial charge in [0.2, 0.25) is 5.91 Å². The van der Waals surface area contributed by atoms with E-state index in [1.54, 1.807) is 12.1 Å². The van der Waals surface area contributed by atoms with E-state index in [1.807, 2.05) is 6.07 Å². The lowest BCUT2D eigenvalue weighted by molar-refractivity contribution is -0.137. The van der Waals surface area contributed by atoms with Crippen molar-refractivity contribution < 1.29 is 19.1 Å². The number of esters is 1. The maximum atomic E-state index is 11.7. The molecule has 0 bridgehead atoms. The number of nitrogens with two attached hydrogens (primary N) is 1. The fourth-order valence-corrected chi connectivity index (χ4v) is 1.62. The predicted octanol–water partition coefficient (Wildman–Crippen LogP) is 0.968. The van der Waals surface area contributed by atoms with Crippen molar-refractivity contribution in [3.8, 4) is 11.8 Å². The van der Waals surface area contributed by atoms with E-state index < -0.39 is 11.9 Å². The molecule has 0 fully saturated rings. The number of amides is 1. The Balaban J connectivity index is 0.00000484. The standard InChI is InChI=1S/C15H17N3O4.ClH/c1-10(19)18-13(15(20)21-2)8-12-4-3-11(9-17)7-14(12)22-6-5-16;/h3-4,7-8H,5-6,16H2,1-2H3,(H,18,19);1H. The van der Waals surface area contributed by atoms with Gasteiger partial charge in [-0.25, -0.2) is 4.79 Å². The third-order valence-corrected chi connectivity index (χ3v) is 2.53. The minimum Gasteiger partial charge on any atom is -0.492 e. The molecule has 23 heavy (non-hydrogen) atoms. The molecule has 7 nitrogen and oxygen atoms in total. The number of nitriles is 1. The summed E-state index contributed by atoms with van der Waals surface area (Å²) in [7, 11) is 1.21. The lowest BCUT2D eigenvalue weighted by Crippen LogP contribution is -2.25. The van der Waals surface area contributed by atoms with Gasteiger partial charge in [0.25, 0.3) is 0 Å². The Morgan fingerprint density at radius 2 is 2.13 bits per heavy atom. The van der Waals surface area contributed by atoms with Gasteiger partial charge in [-0.3, -0.25) is 4.79 Å². The number of carbonyl (C=O) groups excluding carboxylic acids is 2. The molecule has 1 aromatic rings. The van der Waals surface area contributed by atoms with Gasteiger partial charge in [-0.1, -0.05) is 0 Å². The Kier molecular flexibility index (Phi) is 9.08. The molecule has 8 heteroatoms. The molecule has 1 aromatic carbocycles. The fraction of sp³-hybridized carbons (Fsp3) is 0.267. The number of methoxy groups -OCH3 is 1. The van der Waals surface area contributed by atoms with E-state index in [0.29, 0.717) is 23.4 Å². The highest BCUT2D eigenvalue weighted by atomic mass is 35.5. The van der Waals surface area contributed by atoms with Gasteiger partial charge in [0, 0.05) is 19.0 Å². The van der Waals surface area contributed by atoms with Crippen LogP contribution in [0.15, 0.2) is 23.9 Å². The van der Waals surface area contributed by atoms with Crippen molar-refractivity contribution in [1.82, 2.24) is 5.32 Å². The summed E-state index contributed by atoms with van der Waals surface area (Å²) in [5.74, 6) is -0.713. The number of ether oxygens (including phenoxy) is 2. The minimum atomic E-state index is -0.690. The fourth-order valence-electron chi connectivity index (χ4n) is 1.62. The smallest absolute Gasteiger partial charge is 0.354 e. The number of nitrogens with zero attached hydrogens (tertiary/aromatic N) is 1. The van der Waals surface area contributed by atoms with E-state index in [1.165, 1.54) is 26.2 Å². The molecule has 0 aliphatic rings. The summed E-state index contributed by atoms with van der Waals surface area (Å²) < 4.78 is 10.1. The molecule has 0 aliphatic heterocycles. The van der Waals surface area contributed by atoms with Crippen LogP contribution in [0.2, 0.25) is 0 Å². The maximum Gasteiger partial charge on any atom is 0.354 e. The first-order valence-electron chi connectivity index (χ1n) is 6.46. The zero-order chi connectivity index (χ0) is 16.5. The third kappa shape index (κ3) is 6.38. The van der Waals surface area contributed by atoms with Gasteiger partial charge in [-0.05, 0) is 24.3 Å². The van der Waals surface area contributed by atoms with Crippen molar-refractivity contribution in [3.63, 3.8) is 0 Å². The molecule has 0 aromatic heterocycles. The molecular formula is C15H18ClN3O4. The zero-order valence-corrected chi connectivity index (χ0v) is 13.6. The van der Waals surface area contributed by atoms with Gasteiger partial charge in [-0.15, -0.1) is 12.4 Å². The summed E-state index contributed by atoms with van der Waals surface area (Å²) in [6, 6.07) is 6.71. The quantitative estimate of drug-likeness (QED) is 0.589. The molecule has 124 valence electrons. The van der Waals surface area contributed by atoms with Crippen LogP contribution in [0.3, 0.4) is 0 Å². The second kappa shape index (κ2) is 10.2. The van der Waals surface area contributed by atoms with Crippen LogP contribution in [0.25, 0.3) is 6.08 Å². The molecular weight excluding hydrogens is 322 g/mol. The molecule has 0 atom stereocenters.